The molecule has 1 aromatic carbocycles. The smallest absolute Gasteiger partial charge is 0.341 e. The van der Waals surface area contributed by atoms with Crippen LogP contribution in [-0.2, 0) is 0 Å². The van der Waals surface area contributed by atoms with Gasteiger partial charge in [-0.05, 0) is 17.7 Å². The van der Waals surface area contributed by atoms with Crippen molar-refractivity contribution in [2.24, 2.45) is 0 Å². The molecule has 0 unspecified atom stereocenters. The highest BCUT2D eigenvalue weighted by atomic mass is 16.6. The maximum absolute atomic E-state index is 10.9. The third-order valence-corrected chi connectivity index (χ3v) is 2.51. The summed E-state index contributed by atoms with van der Waals surface area (Å²) in [4.78, 5) is 20.8. The number of hydrogen-bond donors (Lipinski definition) is 2. The minimum atomic E-state index is -1.33. The second-order valence-corrected chi connectivity index (χ2v) is 3.67. The number of aromatic carboxylic acids is 1. The molecule has 1 aromatic heterocycles. The molecule has 8 nitrogen and oxygen atoms in total. The number of non-ortho nitro benzene ring substituents is 1. The Morgan fingerprint density at radius 3 is 2.53 bits per heavy atom. The third kappa shape index (κ3) is 2.43. The normalized spacial score (nSPS) is 12.1. The first-order chi connectivity index (χ1) is 9.00. The molecule has 0 saturated carbocycles. The van der Waals surface area contributed by atoms with Crippen LogP contribution in [0.5, 0.6) is 0 Å². The zero-order valence-electron chi connectivity index (χ0n) is 9.39. The van der Waals surface area contributed by atoms with Gasteiger partial charge in [0.25, 0.3) is 5.69 Å². The SMILES string of the molecule is O=C(O)c1conc1[C@H](O)c1ccc([N+](=O)[O-])cc1. The average Bonchev–Trinajstić information content (AvgIpc) is 2.87. The number of carboxylic acids is 1. The monoisotopic (exact) mass is 264 g/mol. The number of carboxylic acid groups (broad SMARTS) is 1. The predicted molar refractivity (Wildman–Crippen MR) is 60.6 cm³/mol. The Morgan fingerprint density at radius 1 is 1.37 bits per heavy atom. The van der Waals surface area contributed by atoms with Gasteiger partial charge >= 0.3 is 5.97 Å². The van der Waals surface area contributed by atoms with E-state index in [1.54, 1.807) is 0 Å². The van der Waals surface area contributed by atoms with Crippen molar-refractivity contribution in [2.45, 2.75) is 6.10 Å². The molecular formula is C11H8N2O6. The van der Waals surface area contributed by atoms with Crippen LogP contribution in [0.2, 0.25) is 0 Å². The van der Waals surface area contributed by atoms with Crippen LogP contribution < -0.4 is 0 Å². The largest absolute Gasteiger partial charge is 0.478 e. The Balaban J connectivity index is 2.33. The summed E-state index contributed by atoms with van der Waals surface area (Å²) in [5.41, 5.74) is -0.260. The van der Waals surface area contributed by atoms with Crippen molar-refractivity contribution in [3.05, 3.63) is 57.5 Å². The summed E-state index contributed by atoms with van der Waals surface area (Å²) in [6.07, 6.45) is -0.419. The van der Waals surface area contributed by atoms with E-state index in [0.717, 1.165) is 6.26 Å². The van der Waals surface area contributed by atoms with Crippen LogP contribution in [0.3, 0.4) is 0 Å². The van der Waals surface area contributed by atoms with E-state index in [0.29, 0.717) is 0 Å². The van der Waals surface area contributed by atoms with Crippen LogP contribution >= 0.6 is 0 Å². The molecule has 2 rings (SSSR count). The van der Waals surface area contributed by atoms with Crippen molar-refractivity contribution in [1.82, 2.24) is 5.16 Å². The number of aliphatic hydroxyl groups is 1. The van der Waals surface area contributed by atoms with E-state index in [1.165, 1.54) is 24.3 Å². The highest BCUT2D eigenvalue weighted by Crippen LogP contribution is 2.25. The van der Waals surface area contributed by atoms with E-state index in [9.17, 15) is 20.0 Å². The van der Waals surface area contributed by atoms with Crippen LogP contribution in [0, 0.1) is 10.1 Å². The Hall–Kier alpha value is -2.74. The van der Waals surface area contributed by atoms with Crippen molar-refractivity contribution in [3.63, 3.8) is 0 Å². The van der Waals surface area contributed by atoms with Crippen LogP contribution in [0.1, 0.15) is 27.7 Å². The lowest BCUT2D eigenvalue weighted by Crippen LogP contribution is -2.07. The van der Waals surface area contributed by atoms with Crippen molar-refractivity contribution in [3.8, 4) is 0 Å². The fraction of sp³-hybridized carbons (Fsp3) is 0.0909. The third-order valence-electron chi connectivity index (χ3n) is 2.51. The van der Waals surface area contributed by atoms with Gasteiger partial charge in [0.2, 0.25) is 0 Å². The number of hydrogen-bond acceptors (Lipinski definition) is 6. The standard InChI is InChI=1S/C11H8N2O6/c14-10(9-8(11(15)16)5-19-12-9)6-1-3-7(4-2-6)13(17)18/h1-5,10,14H,(H,15,16)/t10-/m1/s1. The van der Waals surface area contributed by atoms with E-state index in [-0.39, 0.29) is 22.5 Å². The van der Waals surface area contributed by atoms with Gasteiger partial charge in [-0.1, -0.05) is 5.16 Å². The summed E-state index contributed by atoms with van der Waals surface area (Å²) in [6, 6.07) is 5.06. The Morgan fingerprint density at radius 2 is 2.00 bits per heavy atom. The molecule has 0 aliphatic heterocycles. The van der Waals surface area contributed by atoms with Crippen molar-refractivity contribution in [2.75, 3.05) is 0 Å². The zero-order valence-corrected chi connectivity index (χ0v) is 9.39. The number of nitro groups is 1. The van der Waals surface area contributed by atoms with Gasteiger partial charge in [0.05, 0.1) is 4.92 Å². The first-order valence-electron chi connectivity index (χ1n) is 5.10. The van der Waals surface area contributed by atoms with Crippen LogP contribution in [0.15, 0.2) is 35.1 Å². The molecule has 0 saturated heterocycles. The maximum Gasteiger partial charge on any atom is 0.341 e. The Bertz CT molecular complexity index is 618. The zero-order chi connectivity index (χ0) is 14.0. The van der Waals surface area contributed by atoms with Gasteiger partial charge in [0.15, 0.2) is 0 Å². The summed E-state index contributed by atoms with van der Waals surface area (Å²) in [6.45, 7) is 0. The number of rotatable bonds is 4. The predicted octanol–water partition coefficient (Wildman–Crippen LogP) is 1.36. The van der Waals surface area contributed by atoms with E-state index < -0.39 is 17.0 Å². The number of benzene rings is 1. The molecule has 1 atom stereocenters. The number of nitro benzene ring substituents is 1. The molecule has 0 bridgehead atoms. The highest BCUT2D eigenvalue weighted by molar-refractivity contribution is 5.88. The molecule has 2 aromatic rings. The number of aromatic nitrogens is 1. The Labute approximate surface area is 106 Å². The molecule has 1 heterocycles. The van der Waals surface area contributed by atoms with Crippen LogP contribution in [0.25, 0.3) is 0 Å². The van der Waals surface area contributed by atoms with E-state index >= 15 is 0 Å². The van der Waals surface area contributed by atoms with E-state index in [1.807, 2.05) is 0 Å². The lowest BCUT2D eigenvalue weighted by molar-refractivity contribution is -0.384. The molecule has 0 radical (unpaired) electrons. The molecule has 0 aliphatic carbocycles. The van der Waals surface area contributed by atoms with Gasteiger partial charge in [-0.25, -0.2) is 4.79 Å². The van der Waals surface area contributed by atoms with E-state index in [2.05, 4.69) is 9.68 Å². The second-order valence-electron chi connectivity index (χ2n) is 3.67. The molecule has 2 N–H and O–H groups in total. The number of aliphatic hydroxyl groups excluding tert-OH is 1. The first-order valence-corrected chi connectivity index (χ1v) is 5.10. The van der Waals surface area contributed by atoms with Gasteiger partial charge in [0.1, 0.15) is 23.6 Å². The topological polar surface area (TPSA) is 127 Å². The summed E-state index contributed by atoms with van der Waals surface area (Å²) in [7, 11) is 0. The van der Waals surface area contributed by atoms with Crippen molar-refractivity contribution >= 4 is 11.7 Å². The lowest BCUT2D eigenvalue weighted by atomic mass is 10.0. The van der Waals surface area contributed by atoms with Crippen LogP contribution in [-0.4, -0.2) is 26.3 Å². The molecule has 98 valence electrons. The van der Waals surface area contributed by atoms with Crippen molar-refractivity contribution in [1.29, 1.82) is 0 Å². The van der Waals surface area contributed by atoms with E-state index in [4.69, 9.17) is 5.11 Å². The van der Waals surface area contributed by atoms with Crippen LogP contribution in [0.4, 0.5) is 5.69 Å². The number of carbonyl (C=O) groups is 1. The van der Waals surface area contributed by atoms with Crippen molar-refractivity contribution < 1.29 is 24.5 Å². The molecular weight excluding hydrogens is 256 g/mol. The average molecular weight is 264 g/mol. The van der Waals surface area contributed by atoms with Gasteiger partial charge in [-0.3, -0.25) is 10.1 Å². The maximum atomic E-state index is 10.9. The molecule has 0 amide bonds. The molecule has 8 heteroatoms. The molecule has 0 fully saturated rings. The minimum Gasteiger partial charge on any atom is -0.478 e. The highest BCUT2D eigenvalue weighted by Gasteiger charge is 2.23. The fourth-order valence-electron chi connectivity index (χ4n) is 1.54. The fourth-order valence-corrected chi connectivity index (χ4v) is 1.54. The summed E-state index contributed by atoms with van der Waals surface area (Å²) >= 11 is 0. The number of nitrogens with zero attached hydrogens (tertiary/aromatic N) is 2. The molecule has 19 heavy (non-hydrogen) atoms. The quantitative estimate of drug-likeness (QED) is 0.630. The lowest BCUT2D eigenvalue weighted by Gasteiger charge is -2.08. The summed E-state index contributed by atoms with van der Waals surface area (Å²) in [5.74, 6) is -1.28. The first kappa shape index (κ1) is 12.7. The molecule has 0 spiro atoms. The summed E-state index contributed by atoms with van der Waals surface area (Å²) in [5, 5.41) is 32.8. The molecule has 0 aliphatic rings. The van der Waals surface area contributed by atoms with Gasteiger partial charge in [-0.15, -0.1) is 0 Å². The summed E-state index contributed by atoms with van der Waals surface area (Å²) < 4.78 is 4.51. The van der Waals surface area contributed by atoms with Gasteiger partial charge in [-0.2, -0.15) is 0 Å². The second kappa shape index (κ2) is 4.86. The minimum absolute atomic E-state index is 0.130. The Kier molecular flexibility index (Phi) is 3.25. The van der Waals surface area contributed by atoms with Gasteiger partial charge in [0, 0.05) is 12.1 Å². The van der Waals surface area contributed by atoms with Gasteiger partial charge < -0.3 is 14.7 Å².